The van der Waals surface area contributed by atoms with E-state index in [1.807, 2.05) is 31.2 Å². The lowest BCUT2D eigenvalue weighted by molar-refractivity contribution is -0.0497. The second kappa shape index (κ2) is 6.96. The summed E-state index contributed by atoms with van der Waals surface area (Å²) in [5.74, 6) is -0.213. The second-order valence-corrected chi connectivity index (χ2v) is 5.30. The van der Waals surface area contributed by atoms with E-state index in [0.29, 0.717) is 12.2 Å². The predicted molar refractivity (Wildman–Crippen MR) is 81.6 cm³/mol. The second-order valence-electron chi connectivity index (χ2n) is 4.49. The number of aryl methyl sites for hydroxylation is 1. The molecule has 0 aliphatic rings. The lowest BCUT2D eigenvalue weighted by Gasteiger charge is -2.12. The Morgan fingerprint density at radius 3 is 2.38 bits per heavy atom. The topological polar surface area (TPSA) is 21.3 Å². The molecule has 0 heterocycles. The Morgan fingerprint density at radius 2 is 1.81 bits per heavy atom. The number of alkyl halides is 2. The van der Waals surface area contributed by atoms with Crippen molar-refractivity contribution in [3.8, 4) is 5.75 Å². The fraction of sp³-hybridized carbons (Fsp3) is 0.200. The molecule has 0 atom stereocenters. The molecule has 0 bridgehead atoms. The molecule has 0 saturated heterocycles. The molecule has 112 valence electrons. The van der Waals surface area contributed by atoms with Crippen molar-refractivity contribution >= 4 is 28.9 Å². The van der Waals surface area contributed by atoms with Gasteiger partial charge in [-0.2, -0.15) is 8.78 Å². The number of anilines is 1. The van der Waals surface area contributed by atoms with Crippen molar-refractivity contribution in [2.75, 3.05) is 5.32 Å². The highest BCUT2D eigenvalue weighted by atomic mass is 35.5. The van der Waals surface area contributed by atoms with Crippen LogP contribution in [0.5, 0.6) is 5.75 Å². The van der Waals surface area contributed by atoms with Crippen molar-refractivity contribution in [3.05, 3.63) is 57.6 Å². The van der Waals surface area contributed by atoms with Crippen molar-refractivity contribution in [2.45, 2.75) is 20.1 Å². The minimum Gasteiger partial charge on any atom is -0.432 e. The van der Waals surface area contributed by atoms with E-state index in [1.54, 1.807) is 0 Å². The zero-order chi connectivity index (χ0) is 15.4. The van der Waals surface area contributed by atoms with Gasteiger partial charge in [0.1, 0.15) is 0 Å². The van der Waals surface area contributed by atoms with Gasteiger partial charge in [-0.3, -0.25) is 0 Å². The van der Waals surface area contributed by atoms with Gasteiger partial charge in [0.05, 0.1) is 10.0 Å². The average Bonchev–Trinajstić information content (AvgIpc) is 2.40. The van der Waals surface area contributed by atoms with Crippen molar-refractivity contribution < 1.29 is 13.5 Å². The molecule has 0 saturated carbocycles. The first-order chi connectivity index (χ1) is 9.95. The van der Waals surface area contributed by atoms with Crippen LogP contribution in [0.1, 0.15) is 11.1 Å². The van der Waals surface area contributed by atoms with Gasteiger partial charge in [0.2, 0.25) is 0 Å². The summed E-state index contributed by atoms with van der Waals surface area (Å²) in [5, 5.41) is 3.21. The van der Waals surface area contributed by atoms with Gasteiger partial charge < -0.3 is 10.1 Å². The molecule has 0 aliphatic heterocycles. The van der Waals surface area contributed by atoms with E-state index in [2.05, 4.69) is 10.1 Å². The molecular formula is C15H13Cl2F2NO. The quantitative estimate of drug-likeness (QED) is 0.779. The van der Waals surface area contributed by atoms with E-state index in [1.165, 1.54) is 12.1 Å². The minimum atomic E-state index is -2.97. The largest absolute Gasteiger partial charge is 0.432 e. The summed E-state index contributed by atoms with van der Waals surface area (Å²) in [5.41, 5.74) is 2.88. The maximum absolute atomic E-state index is 12.2. The summed E-state index contributed by atoms with van der Waals surface area (Å²) in [6.45, 7) is -0.386. The highest BCUT2D eigenvalue weighted by molar-refractivity contribution is 6.37. The Balaban J connectivity index is 2.11. The Bertz CT molecular complexity index is 612. The van der Waals surface area contributed by atoms with Gasteiger partial charge in [0, 0.05) is 12.2 Å². The van der Waals surface area contributed by atoms with Crippen LogP contribution in [0.3, 0.4) is 0 Å². The molecule has 0 spiro atoms. The van der Waals surface area contributed by atoms with Gasteiger partial charge in [-0.25, -0.2) is 0 Å². The molecule has 1 N–H and O–H groups in total. The molecule has 0 aromatic heterocycles. The van der Waals surface area contributed by atoms with Crippen LogP contribution >= 0.6 is 23.2 Å². The Hall–Kier alpha value is -1.52. The maximum Gasteiger partial charge on any atom is 0.387 e. The van der Waals surface area contributed by atoms with E-state index in [-0.39, 0.29) is 15.8 Å². The van der Waals surface area contributed by atoms with E-state index >= 15 is 0 Å². The number of rotatable bonds is 5. The van der Waals surface area contributed by atoms with Gasteiger partial charge in [-0.05, 0) is 24.6 Å². The summed E-state index contributed by atoms with van der Waals surface area (Å²) < 4.78 is 28.8. The molecular weight excluding hydrogens is 319 g/mol. The SMILES string of the molecule is Cc1cccc(CNc2cc(Cl)c(OC(F)F)c(Cl)c2)c1. The first-order valence-electron chi connectivity index (χ1n) is 6.19. The maximum atomic E-state index is 12.2. The summed E-state index contributed by atoms with van der Waals surface area (Å²) in [4.78, 5) is 0. The van der Waals surface area contributed by atoms with Gasteiger partial charge in [0.15, 0.2) is 5.75 Å². The fourth-order valence-electron chi connectivity index (χ4n) is 1.89. The normalized spacial score (nSPS) is 10.8. The van der Waals surface area contributed by atoms with E-state index in [4.69, 9.17) is 23.2 Å². The fourth-order valence-corrected chi connectivity index (χ4v) is 2.47. The molecule has 2 aromatic rings. The Labute approximate surface area is 131 Å². The third kappa shape index (κ3) is 4.48. The van der Waals surface area contributed by atoms with Crippen molar-refractivity contribution in [1.82, 2.24) is 0 Å². The van der Waals surface area contributed by atoms with Gasteiger partial charge in [-0.15, -0.1) is 0 Å². The molecule has 0 fully saturated rings. The smallest absolute Gasteiger partial charge is 0.387 e. The van der Waals surface area contributed by atoms with Crippen molar-refractivity contribution in [2.24, 2.45) is 0 Å². The van der Waals surface area contributed by atoms with Crippen molar-refractivity contribution in [3.63, 3.8) is 0 Å². The van der Waals surface area contributed by atoms with E-state index in [0.717, 1.165) is 11.1 Å². The first-order valence-corrected chi connectivity index (χ1v) is 6.94. The third-order valence-corrected chi connectivity index (χ3v) is 3.35. The summed E-state index contributed by atoms with van der Waals surface area (Å²) >= 11 is 11.8. The molecule has 0 aliphatic carbocycles. The molecule has 6 heteroatoms. The highest BCUT2D eigenvalue weighted by Gasteiger charge is 2.14. The lowest BCUT2D eigenvalue weighted by atomic mass is 10.1. The van der Waals surface area contributed by atoms with Crippen LogP contribution in [-0.4, -0.2) is 6.61 Å². The van der Waals surface area contributed by atoms with Crippen LogP contribution in [0.25, 0.3) is 0 Å². The molecule has 0 radical (unpaired) electrons. The van der Waals surface area contributed by atoms with Gasteiger partial charge >= 0.3 is 6.61 Å². The molecule has 0 amide bonds. The van der Waals surface area contributed by atoms with Gasteiger partial charge in [0.25, 0.3) is 0 Å². The molecule has 2 rings (SSSR count). The standard InChI is InChI=1S/C15H13Cl2F2NO/c1-9-3-2-4-10(5-9)8-20-11-6-12(16)14(13(17)7-11)21-15(18)19/h2-7,15,20H,8H2,1H3. The zero-order valence-corrected chi connectivity index (χ0v) is 12.7. The molecule has 21 heavy (non-hydrogen) atoms. The number of hydrogen-bond acceptors (Lipinski definition) is 2. The van der Waals surface area contributed by atoms with Crippen LogP contribution in [0.4, 0.5) is 14.5 Å². The monoisotopic (exact) mass is 331 g/mol. The van der Waals surface area contributed by atoms with Crippen LogP contribution in [0, 0.1) is 6.92 Å². The molecule has 2 nitrogen and oxygen atoms in total. The first kappa shape index (κ1) is 15.9. The van der Waals surface area contributed by atoms with Crippen LogP contribution < -0.4 is 10.1 Å². The van der Waals surface area contributed by atoms with Crippen molar-refractivity contribution in [1.29, 1.82) is 0 Å². The predicted octanol–water partition coefficient (Wildman–Crippen LogP) is 5.52. The summed E-state index contributed by atoms with van der Waals surface area (Å²) in [6.07, 6.45) is 0. The minimum absolute atomic E-state index is 0.0366. The number of ether oxygens (including phenoxy) is 1. The van der Waals surface area contributed by atoms with Crippen LogP contribution in [-0.2, 0) is 6.54 Å². The Kier molecular flexibility index (Phi) is 5.26. The third-order valence-electron chi connectivity index (χ3n) is 2.78. The number of nitrogens with one attached hydrogen (secondary N) is 1. The molecule has 2 aromatic carbocycles. The average molecular weight is 332 g/mol. The van der Waals surface area contributed by atoms with E-state index in [9.17, 15) is 8.78 Å². The lowest BCUT2D eigenvalue weighted by Crippen LogP contribution is -2.04. The van der Waals surface area contributed by atoms with Gasteiger partial charge in [-0.1, -0.05) is 53.0 Å². The number of hydrogen-bond donors (Lipinski definition) is 1. The zero-order valence-electron chi connectivity index (χ0n) is 11.2. The van der Waals surface area contributed by atoms with Crippen LogP contribution in [0.2, 0.25) is 10.0 Å². The number of halogens is 4. The molecule has 0 unspecified atom stereocenters. The summed E-state index contributed by atoms with van der Waals surface area (Å²) in [7, 11) is 0. The van der Waals surface area contributed by atoms with Crippen LogP contribution in [0.15, 0.2) is 36.4 Å². The highest BCUT2D eigenvalue weighted by Crippen LogP contribution is 2.37. The van der Waals surface area contributed by atoms with E-state index < -0.39 is 6.61 Å². The summed E-state index contributed by atoms with van der Waals surface area (Å²) in [6, 6.07) is 11.0. The Morgan fingerprint density at radius 1 is 1.14 bits per heavy atom. The number of benzene rings is 2.